The van der Waals surface area contributed by atoms with Crippen LogP contribution in [0.3, 0.4) is 0 Å². The predicted molar refractivity (Wildman–Crippen MR) is 93.9 cm³/mol. The van der Waals surface area contributed by atoms with Crippen LogP contribution in [0.2, 0.25) is 0 Å². The minimum atomic E-state index is -0.445. The normalized spacial score (nSPS) is 15.8. The van der Waals surface area contributed by atoms with E-state index in [4.69, 9.17) is 10.5 Å². The predicted octanol–water partition coefficient (Wildman–Crippen LogP) is 1.21. The number of amides is 3. The summed E-state index contributed by atoms with van der Waals surface area (Å²) in [6, 6.07) is 6.18. The van der Waals surface area contributed by atoms with Gasteiger partial charge in [0.05, 0.1) is 0 Å². The molecule has 1 aliphatic rings. The quantitative estimate of drug-likeness (QED) is 0.645. The molecule has 0 saturated carbocycles. The summed E-state index contributed by atoms with van der Waals surface area (Å²) in [4.78, 5) is 35.1. The van der Waals surface area contributed by atoms with Crippen molar-refractivity contribution in [1.29, 1.82) is 0 Å². The maximum Gasteiger partial charge on any atom is 0.251 e. The number of nitrogens with two attached hydrogens (primary N) is 1. The number of benzene rings is 1. The lowest BCUT2D eigenvalue weighted by Crippen LogP contribution is -2.44. The number of hydrogen-bond donors (Lipinski definition) is 3. The van der Waals surface area contributed by atoms with Gasteiger partial charge in [0.15, 0.2) is 0 Å². The Morgan fingerprint density at radius 3 is 2.44 bits per heavy atom. The minimum absolute atomic E-state index is 0.101. The lowest BCUT2D eigenvalue weighted by molar-refractivity contribution is -0.119. The second-order valence-corrected chi connectivity index (χ2v) is 5.97. The molecule has 25 heavy (non-hydrogen) atoms. The molecule has 1 fully saturated rings. The van der Waals surface area contributed by atoms with Gasteiger partial charge < -0.3 is 21.1 Å². The van der Waals surface area contributed by atoms with Crippen molar-refractivity contribution in [3.05, 3.63) is 42.5 Å². The Hall–Kier alpha value is -2.67. The maximum atomic E-state index is 12.5. The first-order valence-electron chi connectivity index (χ1n) is 8.20. The standard InChI is InChI=1S/C18H23N3O4/c1-2-17(23)20-14-5-3-13(4-6-14)18(24)21-15(11-16(19)22)12-7-9-25-10-8-12/h2-6,12,15H,1,7-11H2,(H2,19,22)(H,20,23)(H,21,24). The summed E-state index contributed by atoms with van der Waals surface area (Å²) in [7, 11) is 0. The number of hydrogen-bond acceptors (Lipinski definition) is 4. The summed E-state index contributed by atoms with van der Waals surface area (Å²) in [5, 5.41) is 5.52. The van der Waals surface area contributed by atoms with Crippen molar-refractivity contribution in [2.45, 2.75) is 25.3 Å². The summed E-state index contributed by atoms with van der Waals surface area (Å²) in [6.45, 7) is 4.62. The van der Waals surface area contributed by atoms with Crippen molar-refractivity contribution < 1.29 is 19.1 Å². The van der Waals surface area contributed by atoms with E-state index in [1.807, 2.05) is 0 Å². The third-order valence-corrected chi connectivity index (χ3v) is 4.17. The summed E-state index contributed by atoms with van der Waals surface area (Å²) in [5.74, 6) is -0.881. The van der Waals surface area contributed by atoms with Gasteiger partial charge in [-0.1, -0.05) is 6.58 Å². The van der Waals surface area contributed by atoms with E-state index in [0.717, 1.165) is 12.8 Å². The van der Waals surface area contributed by atoms with E-state index in [1.165, 1.54) is 6.08 Å². The molecule has 1 saturated heterocycles. The number of ether oxygens (including phenoxy) is 1. The average molecular weight is 345 g/mol. The van der Waals surface area contributed by atoms with Gasteiger partial charge in [-0.15, -0.1) is 0 Å². The Balaban J connectivity index is 2.02. The highest BCUT2D eigenvalue weighted by Gasteiger charge is 2.27. The summed E-state index contributed by atoms with van der Waals surface area (Å²) in [5.41, 5.74) is 6.34. The first-order chi connectivity index (χ1) is 12.0. The Bertz CT molecular complexity index is 636. The smallest absolute Gasteiger partial charge is 0.251 e. The third kappa shape index (κ3) is 5.72. The molecule has 1 aliphatic heterocycles. The number of carbonyl (C=O) groups is 3. The highest BCUT2D eigenvalue weighted by atomic mass is 16.5. The SMILES string of the molecule is C=CC(=O)Nc1ccc(C(=O)NC(CC(N)=O)C2CCOCC2)cc1. The van der Waals surface area contributed by atoms with E-state index in [2.05, 4.69) is 17.2 Å². The molecule has 3 amide bonds. The van der Waals surface area contributed by atoms with Gasteiger partial charge in [-0.25, -0.2) is 0 Å². The van der Waals surface area contributed by atoms with E-state index >= 15 is 0 Å². The molecule has 0 radical (unpaired) electrons. The van der Waals surface area contributed by atoms with Crippen molar-refractivity contribution in [2.75, 3.05) is 18.5 Å². The minimum Gasteiger partial charge on any atom is -0.381 e. The maximum absolute atomic E-state index is 12.5. The molecule has 1 heterocycles. The molecular formula is C18H23N3O4. The molecule has 1 aromatic rings. The van der Waals surface area contributed by atoms with Crippen LogP contribution in [0.5, 0.6) is 0 Å². The second kappa shape index (κ2) is 8.98. The molecule has 4 N–H and O–H groups in total. The first-order valence-corrected chi connectivity index (χ1v) is 8.20. The molecule has 0 bridgehead atoms. The Morgan fingerprint density at radius 1 is 1.24 bits per heavy atom. The summed E-state index contributed by atoms with van der Waals surface area (Å²) < 4.78 is 5.33. The van der Waals surface area contributed by atoms with Crippen LogP contribution < -0.4 is 16.4 Å². The molecule has 1 unspecified atom stereocenters. The van der Waals surface area contributed by atoms with E-state index in [0.29, 0.717) is 24.5 Å². The number of rotatable bonds is 7. The van der Waals surface area contributed by atoms with Gasteiger partial charge in [0, 0.05) is 36.9 Å². The zero-order valence-corrected chi connectivity index (χ0v) is 14.0. The molecule has 2 rings (SSSR count). The monoisotopic (exact) mass is 345 g/mol. The van der Waals surface area contributed by atoms with E-state index in [9.17, 15) is 14.4 Å². The Labute approximate surface area is 146 Å². The first kappa shape index (κ1) is 18.7. The average Bonchev–Trinajstić information content (AvgIpc) is 2.62. The van der Waals surface area contributed by atoms with E-state index < -0.39 is 5.91 Å². The number of nitrogens with one attached hydrogen (secondary N) is 2. The highest BCUT2D eigenvalue weighted by Crippen LogP contribution is 2.21. The van der Waals surface area contributed by atoms with Gasteiger partial charge in [0.2, 0.25) is 11.8 Å². The van der Waals surface area contributed by atoms with Crippen LogP contribution in [0, 0.1) is 5.92 Å². The fraction of sp³-hybridized carbons (Fsp3) is 0.389. The molecule has 1 atom stereocenters. The van der Waals surface area contributed by atoms with E-state index in [-0.39, 0.29) is 30.2 Å². The highest BCUT2D eigenvalue weighted by molar-refractivity contribution is 5.99. The molecule has 7 nitrogen and oxygen atoms in total. The van der Waals surface area contributed by atoms with Gasteiger partial charge in [-0.2, -0.15) is 0 Å². The van der Waals surface area contributed by atoms with Crippen molar-refractivity contribution >= 4 is 23.4 Å². The van der Waals surface area contributed by atoms with Crippen molar-refractivity contribution in [3.8, 4) is 0 Å². The van der Waals surface area contributed by atoms with E-state index in [1.54, 1.807) is 24.3 Å². The van der Waals surface area contributed by atoms with Gasteiger partial charge in [0.1, 0.15) is 0 Å². The van der Waals surface area contributed by atoms with Gasteiger partial charge in [-0.3, -0.25) is 14.4 Å². The number of primary amides is 1. The molecule has 0 spiro atoms. The summed E-state index contributed by atoms with van der Waals surface area (Å²) in [6.07, 6.45) is 2.84. The van der Waals surface area contributed by atoms with Crippen LogP contribution in [0.4, 0.5) is 5.69 Å². The fourth-order valence-electron chi connectivity index (χ4n) is 2.82. The van der Waals surface area contributed by atoms with Crippen LogP contribution in [-0.4, -0.2) is 37.0 Å². The lowest BCUT2D eigenvalue weighted by atomic mass is 9.89. The number of carbonyl (C=O) groups excluding carboxylic acids is 3. The van der Waals surface area contributed by atoms with Crippen LogP contribution >= 0.6 is 0 Å². The lowest BCUT2D eigenvalue weighted by Gasteiger charge is -2.30. The van der Waals surface area contributed by atoms with Crippen molar-refractivity contribution in [3.63, 3.8) is 0 Å². The molecule has 134 valence electrons. The van der Waals surface area contributed by atoms with Crippen LogP contribution in [0.15, 0.2) is 36.9 Å². The number of anilines is 1. The molecular weight excluding hydrogens is 322 g/mol. The van der Waals surface area contributed by atoms with Crippen molar-refractivity contribution in [1.82, 2.24) is 5.32 Å². The Kier molecular flexibility index (Phi) is 6.71. The molecule has 0 aromatic heterocycles. The largest absolute Gasteiger partial charge is 0.381 e. The summed E-state index contributed by atoms with van der Waals surface area (Å²) >= 11 is 0. The van der Waals surface area contributed by atoms with Gasteiger partial charge in [0.25, 0.3) is 5.91 Å². The van der Waals surface area contributed by atoms with Crippen molar-refractivity contribution in [2.24, 2.45) is 11.7 Å². The topological polar surface area (TPSA) is 111 Å². The third-order valence-electron chi connectivity index (χ3n) is 4.17. The van der Waals surface area contributed by atoms with Crippen LogP contribution in [0.1, 0.15) is 29.6 Å². The molecule has 0 aliphatic carbocycles. The fourth-order valence-corrected chi connectivity index (χ4v) is 2.82. The molecule has 7 heteroatoms. The Morgan fingerprint density at radius 2 is 1.88 bits per heavy atom. The molecule has 1 aromatic carbocycles. The second-order valence-electron chi connectivity index (χ2n) is 5.97. The van der Waals surface area contributed by atoms with Gasteiger partial charge in [-0.05, 0) is 49.1 Å². The van der Waals surface area contributed by atoms with Gasteiger partial charge >= 0.3 is 0 Å². The van der Waals surface area contributed by atoms with Crippen LogP contribution in [-0.2, 0) is 14.3 Å². The zero-order chi connectivity index (χ0) is 18.2. The zero-order valence-electron chi connectivity index (χ0n) is 14.0. The van der Waals surface area contributed by atoms with Crippen LogP contribution in [0.25, 0.3) is 0 Å².